The lowest BCUT2D eigenvalue weighted by atomic mass is 9.83. The molecule has 0 aliphatic rings. The van der Waals surface area contributed by atoms with Crippen molar-refractivity contribution in [2.24, 2.45) is 0 Å². The summed E-state index contributed by atoms with van der Waals surface area (Å²) < 4.78 is 5.12. The van der Waals surface area contributed by atoms with Crippen molar-refractivity contribution in [3.63, 3.8) is 0 Å². The van der Waals surface area contributed by atoms with Gasteiger partial charge in [-0.3, -0.25) is 4.79 Å². The molecule has 0 spiro atoms. The first kappa shape index (κ1) is 16.5. The predicted molar refractivity (Wildman–Crippen MR) is 80.0 cm³/mol. The first-order valence-electron chi connectivity index (χ1n) is 7.06. The van der Waals surface area contributed by atoms with Gasteiger partial charge in [0.1, 0.15) is 5.75 Å². The number of unbranched alkanes of at least 4 members (excludes halogenated alkanes) is 2. The predicted octanol–water partition coefficient (Wildman–Crippen LogP) is 2.25. The van der Waals surface area contributed by atoms with Gasteiger partial charge in [-0.15, -0.1) is 0 Å². The van der Waals surface area contributed by atoms with E-state index >= 15 is 0 Å². The van der Waals surface area contributed by atoms with Gasteiger partial charge in [-0.25, -0.2) is 0 Å². The number of nitrogens with one attached hydrogen (secondary N) is 1. The summed E-state index contributed by atoms with van der Waals surface area (Å²) in [4.78, 5) is 12.3. The second-order valence-electron chi connectivity index (χ2n) is 5.39. The third-order valence-corrected chi connectivity index (χ3v) is 3.50. The summed E-state index contributed by atoms with van der Waals surface area (Å²) in [6.07, 6.45) is 2.61. The molecule has 112 valence electrons. The molecule has 1 aromatic carbocycles. The lowest BCUT2D eigenvalue weighted by Crippen LogP contribution is -2.40. The lowest BCUT2D eigenvalue weighted by Gasteiger charge is -2.24. The Morgan fingerprint density at radius 2 is 1.85 bits per heavy atom. The van der Waals surface area contributed by atoms with Gasteiger partial charge < -0.3 is 15.2 Å². The molecule has 0 bridgehead atoms. The fraction of sp³-hybridized carbons (Fsp3) is 0.562. The van der Waals surface area contributed by atoms with Gasteiger partial charge in [-0.1, -0.05) is 12.1 Å². The van der Waals surface area contributed by atoms with E-state index < -0.39 is 5.41 Å². The molecule has 0 fully saturated rings. The van der Waals surface area contributed by atoms with Crippen LogP contribution >= 0.6 is 0 Å². The fourth-order valence-electron chi connectivity index (χ4n) is 1.98. The van der Waals surface area contributed by atoms with Crippen molar-refractivity contribution < 1.29 is 14.6 Å². The van der Waals surface area contributed by atoms with Crippen LogP contribution in [0.4, 0.5) is 0 Å². The van der Waals surface area contributed by atoms with Gasteiger partial charge in [-0.05, 0) is 50.8 Å². The van der Waals surface area contributed by atoms with Crippen LogP contribution < -0.4 is 10.1 Å². The summed E-state index contributed by atoms with van der Waals surface area (Å²) >= 11 is 0. The number of methoxy groups -OCH3 is 1. The lowest BCUT2D eigenvalue weighted by molar-refractivity contribution is -0.125. The Hall–Kier alpha value is -1.55. The zero-order valence-corrected chi connectivity index (χ0v) is 12.6. The van der Waals surface area contributed by atoms with E-state index in [0.29, 0.717) is 6.54 Å². The Bertz CT molecular complexity index is 412. The normalized spacial score (nSPS) is 11.2. The van der Waals surface area contributed by atoms with Gasteiger partial charge >= 0.3 is 0 Å². The van der Waals surface area contributed by atoms with Crippen molar-refractivity contribution in [3.8, 4) is 5.75 Å². The molecule has 20 heavy (non-hydrogen) atoms. The highest BCUT2D eigenvalue weighted by atomic mass is 16.5. The van der Waals surface area contributed by atoms with Crippen LogP contribution in [0.25, 0.3) is 0 Å². The van der Waals surface area contributed by atoms with Crippen molar-refractivity contribution in [1.82, 2.24) is 5.32 Å². The maximum absolute atomic E-state index is 12.3. The number of hydrogen-bond donors (Lipinski definition) is 2. The molecule has 0 heterocycles. The third kappa shape index (κ3) is 4.53. The maximum Gasteiger partial charge on any atom is 0.230 e. The summed E-state index contributed by atoms with van der Waals surface area (Å²) in [5, 5.41) is 11.7. The van der Waals surface area contributed by atoms with E-state index in [9.17, 15) is 4.79 Å². The van der Waals surface area contributed by atoms with Gasteiger partial charge in [0.25, 0.3) is 0 Å². The molecule has 0 saturated carbocycles. The number of hydrogen-bond acceptors (Lipinski definition) is 3. The molecule has 0 atom stereocenters. The maximum atomic E-state index is 12.3. The highest BCUT2D eigenvalue weighted by Gasteiger charge is 2.29. The van der Waals surface area contributed by atoms with Gasteiger partial charge in [0.2, 0.25) is 5.91 Å². The molecule has 0 unspecified atom stereocenters. The number of amides is 1. The average Bonchev–Trinajstić information content (AvgIpc) is 2.46. The topological polar surface area (TPSA) is 58.6 Å². The number of aliphatic hydroxyl groups is 1. The summed E-state index contributed by atoms with van der Waals surface area (Å²) in [5.41, 5.74) is 0.398. The molecule has 2 N–H and O–H groups in total. The first-order chi connectivity index (χ1) is 9.52. The van der Waals surface area contributed by atoms with E-state index in [2.05, 4.69) is 5.32 Å². The Morgan fingerprint density at radius 3 is 2.40 bits per heavy atom. The van der Waals surface area contributed by atoms with E-state index in [-0.39, 0.29) is 12.5 Å². The van der Waals surface area contributed by atoms with Gasteiger partial charge in [0.05, 0.1) is 12.5 Å². The number of rotatable bonds is 8. The summed E-state index contributed by atoms with van der Waals surface area (Å²) in [7, 11) is 1.62. The molecule has 1 aromatic rings. The van der Waals surface area contributed by atoms with Crippen LogP contribution in [0.5, 0.6) is 5.75 Å². The monoisotopic (exact) mass is 279 g/mol. The van der Waals surface area contributed by atoms with Crippen LogP contribution in [0.1, 0.15) is 38.7 Å². The minimum Gasteiger partial charge on any atom is -0.497 e. The van der Waals surface area contributed by atoms with E-state index in [0.717, 1.165) is 30.6 Å². The zero-order chi connectivity index (χ0) is 15.0. The molecule has 0 saturated heterocycles. The number of benzene rings is 1. The Kier molecular flexibility index (Phi) is 6.52. The molecular formula is C16H25NO3. The van der Waals surface area contributed by atoms with Crippen molar-refractivity contribution in [1.29, 1.82) is 0 Å². The molecule has 1 amide bonds. The molecule has 4 nitrogen and oxygen atoms in total. The van der Waals surface area contributed by atoms with Crippen LogP contribution in [-0.4, -0.2) is 31.3 Å². The van der Waals surface area contributed by atoms with Crippen LogP contribution in [0, 0.1) is 0 Å². The molecule has 1 rings (SSSR count). The zero-order valence-electron chi connectivity index (χ0n) is 12.6. The largest absolute Gasteiger partial charge is 0.497 e. The number of carbonyl (C=O) groups excluding carboxylic acids is 1. The quantitative estimate of drug-likeness (QED) is 0.718. The van der Waals surface area contributed by atoms with Crippen molar-refractivity contribution in [3.05, 3.63) is 29.8 Å². The second-order valence-corrected chi connectivity index (χ2v) is 5.39. The van der Waals surface area contributed by atoms with E-state index in [4.69, 9.17) is 9.84 Å². The molecule has 4 heteroatoms. The minimum absolute atomic E-state index is 0.0201. The highest BCUT2D eigenvalue weighted by Crippen LogP contribution is 2.25. The summed E-state index contributed by atoms with van der Waals surface area (Å²) in [6, 6.07) is 7.57. The average molecular weight is 279 g/mol. The number of carbonyl (C=O) groups is 1. The molecule has 0 radical (unpaired) electrons. The molecule has 0 aliphatic carbocycles. The van der Waals surface area contributed by atoms with Crippen molar-refractivity contribution in [2.75, 3.05) is 20.3 Å². The van der Waals surface area contributed by atoms with Gasteiger partial charge in [0.15, 0.2) is 0 Å². The van der Waals surface area contributed by atoms with Crippen molar-refractivity contribution in [2.45, 2.75) is 38.5 Å². The third-order valence-electron chi connectivity index (χ3n) is 3.50. The van der Waals surface area contributed by atoms with E-state index in [1.807, 2.05) is 38.1 Å². The molecule has 0 aliphatic heterocycles. The van der Waals surface area contributed by atoms with Crippen LogP contribution in [0.15, 0.2) is 24.3 Å². The Labute approximate surface area is 121 Å². The number of ether oxygens (including phenoxy) is 1. The minimum atomic E-state index is -0.566. The van der Waals surface area contributed by atoms with Crippen LogP contribution in [0.2, 0.25) is 0 Å². The molecular weight excluding hydrogens is 254 g/mol. The smallest absolute Gasteiger partial charge is 0.230 e. The highest BCUT2D eigenvalue weighted by molar-refractivity contribution is 5.87. The SMILES string of the molecule is COc1ccc(C(C)(C)C(=O)NCCCCCO)cc1. The van der Waals surface area contributed by atoms with Crippen LogP contribution in [-0.2, 0) is 10.2 Å². The standard InChI is InChI=1S/C16H25NO3/c1-16(2,13-7-9-14(20-3)10-8-13)15(19)17-11-5-4-6-12-18/h7-10,18H,4-6,11-12H2,1-3H3,(H,17,19). The second kappa shape index (κ2) is 7.90. The summed E-state index contributed by atoms with van der Waals surface area (Å²) in [6.45, 7) is 4.69. The Morgan fingerprint density at radius 1 is 1.20 bits per heavy atom. The Balaban J connectivity index is 2.55. The van der Waals surface area contributed by atoms with E-state index in [1.54, 1.807) is 7.11 Å². The first-order valence-corrected chi connectivity index (χ1v) is 7.06. The van der Waals surface area contributed by atoms with Gasteiger partial charge in [0, 0.05) is 13.2 Å². The number of aliphatic hydroxyl groups excluding tert-OH is 1. The van der Waals surface area contributed by atoms with E-state index in [1.165, 1.54) is 0 Å². The van der Waals surface area contributed by atoms with Crippen LogP contribution in [0.3, 0.4) is 0 Å². The van der Waals surface area contributed by atoms with Crippen molar-refractivity contribution >= 4 is 5.91 Å². The fourth-order valence-corrected chi connectivity index (χ4v) is 1.98. The van der Waals surface area contributed by atoms with Gasteiger partial charge in [-0.2, -0.15) is 0 Å². The molecule has 0 aromatic heterocycles. The summed E-state index contributed by atoms with van der Waals surface area (Å²) in [5.74, 6) is 0.806.